The lowest BCUT2D eigenvalue weighted by Crippen LogP contribution is -2.21. The normalized spacial score (nSPS) is 11.1. The van der Waals surface area contributed by atoms with E-state index in [2.05, 4.69) is 19.7 Å². The van der Waals surface area contributed by atoms with Gasteiger partial charge in [-0.25, -0.2) is 0 Å². The molecule has 22 heavy (non-hydrogen) atoms. The van der Waals surface area contributed by atoms with Crippen LogP contribution in [0.4, 0.5) is 24.8 Å². The van der Waals surface area contributed by atoms with Crippen LogP contribution < -0.4 is 14.4 Å². The van der Waals surface area contributed by atoms with Crippen LogP contribution in [0, 0.1) is 0 Å². The second kappa shape index (κ2) is 6.46. The average Bonchev–Trinajstić information content (AvgIpc) is 2.52. The lowest BCUT2D eigenvalue weighted by molar-refractivity contribution is -0.154. The zero-order valence-corrected chi connectivity index (χ0v) is 11.8. The summed E-state index contributed by atoms with van der Waals surface area (Å²) in [5.74, 6) is 0.107. The minimum atomic E-state index is -4.48. The van der Waals surface area contributed by atoms with Crippen molar-refractivity contribution in [2.45, 2.75) is 6.18 Å². The maximum Gasteiger partial charge on any atom is 0.422 e. The number of benzene rings is 1. The van der Waals surface area contributed by atoms with Crippen LogP contribution in [0.15, 0.2) is 30.3 Å². The molecule has 0 radical (unpaired) electrons. The van der Waals surface area contributed by atoms with E-state index in [0.717, 1.165) is 5.69 Å². The van der Waals surface area contributed by atoms with Gasteiger partial charge in [0, 0.05) is 12.7 Å². The SMILES string of the molecule is COc1nc(OCC(F)(F)F)nc(N(C)c2ccccc2)n1. The maximum atomic E-state index is 12.2. The van der Waals surface area contributed by atoms with Gasteiger partial charge in [-0.3, -0.25) is 0 Å². The van der Waals surface area contributed by atoms with Crippen molar-refractivity contribution < 1.29 is 22.6 Å². The van der Waals surface area contributed by atoms with Crippen LogP contribution in [-0.4, -0.2) is 41.9 Å². The van der Waals surface area contributed by atoms with Crippen LogP contribution >= 0.6 is 0 Å². The molecular formula is C13H13F3N4O2. The van der Waals surface area contributed by atoms with Crippen molar-refractivity contribution >= 4 is 11.6 Å². The molecule has 2 rings (SSSR count). The number of para-hydroxylation sites is 1. The highest BCUT2D eigenvalue weighted by atomic mass is 19.4. The van der Waals surface area contributed by atoms with E-state index in [1.807, 2.05) is 18.2 Å². The molecule has 0 atom stereocenters. The molecule has 0 bridgehead atoms. The molecular weight excluding hydrogens is 301 g/mol. The van der Waals surface area contributed by atoms with Gasteiger partial charge in [0.25, 0.3) is 0 Å². The van der Waals surface area contributed by atoms with Crippen LogP contribution in [-0.2, 0) is 0 Å². The van der Waals surface area contributed by atoms with E-state index in [1.54, 1.807) is 24.1 Å². The summed E-state index contributed by atoms with van der Waals surface area (Å²) in [6, 6.07) is 8.46. The molecule has 0 aliphatic rings. The number of hydrogen-bond donors (Lipinski definition) is 0. The number of anilines is 2. The molecule has 0 fully saturated rings. The van der Waals surface area contributed by atoms with Gasteiger partial charge in [-0.05, 0) is 12.1 Å². The Balaban J connectivity index is 2.27. The minimum absolute atomic E-state index is 0.107. The summed E-state index contributed by atoms with van der Waals surface area (Å²) >= 11 is 0. The van der Waals surface area contributed by atoms with Crippen LogP contribution in [0.5, 0.6) is 12.0 Å². The molecule has 0 aliphatic heterocycles. The van der Waals surface area contributed by atoms with Crippen molar-refractivity contribution in [1.29, 1.82) is 0 Å². The zero-order chi connectivity index (χ0) is 16.2. The van der Waals surface area contributed by atoms with E-state index in [4.69, 9.17) is 4.74 Å². The Hall–Kier alpha value is -2.58. The van der Waals surface area contributed by atoms with Crippen molar-refractivity contribution in [2.75, 3.05) is 25.7 Å². The summed E-state index contributed by atoms with van der Waals surface area (Å²) in [5, 5.41) is 0. The van der Waals surface area contributed by atoms with Gasteiger partial charge in [0.05, 0.1) is 7.11 Å². The highest BCUT2D eigenvalue weighted by Crippen LogP contribution is 2.23. The molecule has 9 heteroatoms. The number of ether oxygens (including phenoxy) is 2. The van der Waals surface area contributed by atoms with Crippen molar-refractivity contribution in [3.8, 4) is 12.0 Å². The molecule has 0 spiro atoms. The Morgan fingerprint density at radius 2 is 1.68 bits per heavy atom. The second-order valence-corrected chi connectivity index (χ2v) is 4.20. The van der Waals surface area contributed by atoms with Gasteiger partial charge < -0.3 is 14.4 Å². The fourth-order valence-corrected chi connectivity index (χ4v) is 1.55. The van der Waals surface area contributed by atoms with Crippen LogP contribution in [0.25, 0.3) is 0 Å². The smallest absolute Gasteiger partial charge is 0.422 e. The van der Waals surface area contributed by atoms with Crippen molar-refractivity contribution in [3.63, 3.8) is 0 Å². The van der Waals surface area contributed by atoms with Crippen molar-refractivity contribution in [3.05, 3.63) is 30.3 Å². The van der Waals surface area contributed by atoms with E-state index >= 15 is 0 Å². The zero-order valence-electron chi connectivity index (χ0n) is 11.8. The standard InChI is InChI=1S/C13H13F3N4O2/c1-20(9-6-4-3-5-7-9)10-17-11(21-2)19-12(18-10)22-8-13(14,15)16/h3-7H,8H2,1-2H3. The molecule has 6 nitrogen and oxygen atoms in total. The number of hydrogen-bond acceptors (Lipinski definition) is 6. The third-order valence-corrected chi connectivity index (χ3v) is 2.57. The lowest BCUT2D eigenvalue weighted by Gasteiger charge is -2.18. The topological polar surface area (TPSA) is 60.4 Å². The quantitative estimate of drug-likeness (QED) is 0.845. The number of alkyl halides is 3. The van der Waals surface area contributed by atoms with E-state index in [-0.39, 0.29) is 12.0 Å². The summed E-state index contributed by atoms with van der Waals surface area (Å²) in [7, 11) is 2.97. The van der Waals surface area contributed by atoms with Gasteiger partial charge >= 0.3 is 18.2 Å². The van der Waals surface area contributed by atoms with Gasteiger partial charge in [-0.15, -0.1) is 4.98 Å². The largest absolute Gasteiger partial charge is 0.467 e. The Labute approximate surface area is 124 Å². The Kier molecular flexibility index (Phi) is 4.64. The summed E-state index contributed by atoms with van der Waals surface area (Å²) in [4.78, 5) is 13.1. The first-order valence-corrected chi connectivity index (χ1v) is 6.17. The summed E-state index contributed by atoms with van der Waals surface area (Å²) in [6.07, 6.45) is -4.48. The van der Waals surface area contributed by atoms with Crippen molar-refractivity contribution in [1.82, 2.24) is 15.0 Å². The second-order valence-electron chi connectivity index (χ2n) is 4.20. The number of rotatable bonds is 5. The monoisotopic (exact) mass is 314 g/mol. The number of aromatic nitrogens is 3. The fraction of sp³-hybridized carbons (Fsp3) is 0.308. The minimum Gasteiger partial charge on any atom is -0.467 e. The first-order chi connectivity index (χ1) is 10.4. The van der Waals surface area contributed by atoms with Gasteiger partial charge in [0.15, 0.2) is 6.61 Å². The van der Waals surface area contributed by atoms with Crippen molar-refractivity contribution in [2.24, 2.45) is 0 Å². The van der Waals surface area contributed by atoms with Gasteiger partial charge in [0.2, 0.25) is 5.95 Å². The molecule has 0 saturated carbocycles. The first kappa shape index (κ1) is 15.8. The van der Waals surface area contributed by atoms with Crippen LogP contribution in [0.2, 0.25) is 0 Å². The number of methoxy groups -OCH3 is 1. The number of nitrogens with zero attached hydrogens (tertiary/aromatic N) is 4. The van der Waals surface area contributed by atoms with Crippen LogP contribution in [0.1, 0.15) is 0 Å². The Morgan fingerprint density at radius 1 is 1.05 bits per heavy atom. The molecule has 0 amide bonds. The molecule has 118 valence electrons. The molecule has 1 heterocycles. The van der Waals surface area contributed by atoms with Gasteiger partial charge in [-0.1, -0.05) is 18.2 Å². The molecule has 0 saturated heterocycles. The molecule has 0 unspecified atom stereocenters. The highest BCUT2D eigenvalue weighted by molar-refractivity contribution is 5.56. The van der Waals surface area contributed by atoms with E-state index in [0.29, 0.717) is 0 Å². The maximum absolute atomic E-state index is 12.2. The molecule has 1 aromatic carbocycles. The van der Waals surface area contributed by atoms with E-state index in [1.165, 1.54) is 7.11 Å². The molecule has 1 aromatic heterocycles. The summed E-state index contributed by atoms with van der Waals surface area (Å²) < 4.78 is 46.0. The third kappa shape index (κ3) is 4.21. The summed E-state index contributed by atoms with van der Waals surface area (Å²) in [6.45, 7) is -1.49. The van der Waals surface area contributed by atoms with E-state index in [9.17, 15) is 13.2 Å². The third-order valence-electron chi connectivity index (χ3n) is 2.57. The molecule has 0 N–H and O–H groups in total. The summed E-state index contributed by atoms with van der Waals surface area (Å²) in [5.41, 5.74) is 0.748. The fourth-order valence-electron chi connectivity index (χ4n) is 1.55. The van der Waals surface area contributed by atoms with Gasteiger partial charge in [-0.2, -0.15) is 23.1 Å². The van der Waals surface area contributed by atoms with Crippen LogP contribution in [0.3, 0.4) is 0 Å². The first-order valence-electron chi connectivity index (χ1n) is 6.17. The Bertz CT molecular complexity index is 622. The molecule has 0 aliphatic carbocycles. The predicted octanol–water partition coefficient (Wildman–Crippen LogP) is 2.59. The number of halogens is 3. The lowest BCUT2D eigenvalue weighted by atomic mass is 10.3. The van der Waals surface area contributed by atoms with E-state index < -0.39 is 18.8 Å². The molecule has 2 aromatic rings. The highest BCUT2D eigenvalue weighted by Gasteiger charge is 2.29. The Morgan fingerprint density at radius 3 is 2.27 bits per heavy atom. The predicted molar refractivity (Wildman–Crippen MR) is 72.4 cm³/mol. The average molecular weight is 314 g/mol. The van der Waals surface area contributed by atoms with Gasteiger partial charge in [0.1, 0.15) is 0 Å².